The van der Waals surface area contributed by atoms with Gasteiger partial charge in [-0.05, 0) is 13.0 Å². The SMILES string of the molecule is CC(N)CC(=O)N1CCN(c2ccnc(-c3ccccc3)n2)CC1.Cl.Cl. The number of benzene rings is 1. The maximum Gasteiger partial charge on any atom is 0.224 e. The molecule has 1 amide bonds. The number of rotatable bonds is 4. The second-order valence-corrected chi connectivity index (χ2v) is 6.15. The van der Waals surface area contributed by atoms with Gasteiger partial charge in [0.2, 0.25) is 5.91 Å². The van der Waals surface area contributed by atoms with E-state index in [-0.39, 0.29) is 36.8 Å². The number of carbonyl (C=O) groups excluding carboxylic acids is 1. The van der Waals surface area contributed by atoms with Gasteiger partial charge in [-0.25, -0.2) is 9.97 Å². The average molecular weight is 398 g/mol. The Morgan fingerprint density at radius 1 is 1.12 bits per heavy atom. The van der Waals surface area contributed by atoms with Gasteiger partial charge in [0.05, 0.1) is 0 Å². The third kappa shape index (κ3) is 5.56. The summed E-state index contributed by atoms with van der Waals surface area (Å²) in [7, 11) is 0. The Bertz CT molecular complexity index is 691. The highest BCUT2D eigenvalue weighted by Crippen LogP contribution is 2.19. The molecule has 0 spiro atoms. The molecule has 3 rings (SSSR count). The van der Waals surface area contributed by atoms with Crippen LogP contribution in [0.3, 0.4) is 0 Å². The summed E-state index contributed by atoms with van der Waals surface area (Å²) in [5.74, 6) is 1.77. The van der Waals surface area contributed by atoms with Crippen molar-refractivity contribution in [2.75, 3.05) is 31.1 Å². The van der Waals surface area contributed by atoms with Crippen LogP contribution in [0.15, 0.2) is 42.6 Å². The van der Waals surface area contributed by atoms with Gasteiger partial charge >= 0.3 is 0 Å². The fourth-order valence-corrected chi connectivity index (χ4v) is 2.84. The van der Waals surface area contributed by atoms with E-state index in [2.05, 4.69) is 14.9 Å². The predicted molar refractivity (Wildman–Crippen MR) is 109 cm³/mol. The summed E-state index contributed by atoms with van der Waals surface area (Å²) >= 11 is 0. The highest BCUT2D eigenvalue weighted by Gasteiger charge is 2.22. The number of halogens is 2. The van der Waals surface area contributed by atoms with Crippen LogP contribution in [0.25, 0.3) is 11.4 Å². The largest absolute Gasteiger partial charge is 0.353 e. The zero-order valence-electron chi connectivity index (χ0n) is 14.7. The summed E-state index contributed by atoms with van der Waals surface area (Å²) < 4.78 is 0. The molecule has 2 aromatic rings. The molecule has 0 saturated carbocycles. The van der Waals surface area contributed by atoms with Crippen molar-refractivity contribution in [3.63, 3.8) is 0 Å². The molecular formula is C18H25Cl2N5O. The van der Waals surface area contributed by atoms with Crippen LogP contribution in [0, 0.1) is 0 Å². The number of nitrogens with two attached hydrogens (primary N) is 1. The van der Waals surface area contributed by atoms with Crippen LogP contribution < -0.4 is 10.6 Å². The molecule has 1 aliphatic rings. The molecule has 1 saturated heterocycles. The first kappa shape index (κ1) is 22.2. The minimum atomic E-state index is -0.0918. The van der Waals surface area contributed by atoms with E-state index in [1.54, 1.807) is 6.20 Å². The van der Waals surface area contributed by atoms with E-state index in [0.29, 0.717) is 19.5 Å². The zero-order valence-corrected chi connectivity index (χ0v) is 16.4. The fourth-order valence-electron chi connectivity index (χ4n) is 2.84. The molecule has 8 heteroatoms. The van der Waals surface area contributed by atoms with Gasteiger partial charge in [-0.15, -0.1) is 24.8 Å². The van der Waals surface area contributed by atoms with Crippen molar-refractivity contribution in [3.05, 3.63) is 42.6 Å². The Hall–Kier alpha value is -1.89. The molecule has 1 aliphatic heterocycles. The minimum Gasteiger partial charge on any atom is -0.353 e. The molecule has 0 bridgehead atoms. The smallest absolute Gasteiger partial charge is 0.224 e. The highest BCUT2D eigenvalue weighted by atomic mass is 35.5. The first-order valence-electron chi connectivity index (χ1n) is 8.30. The van der Waals surface area contributed by atoms with E-state index in [0.717, 1.165) is 30.3 Å². The maximum absolute atomic E-state index is 12.1. The van der Waals surface area contributed by atoms with Crippen LogP contribution in [0.1, 0.15) is 13.3 Å². The monoisotopic (exact) mass is 397 g/mol. The second-order valence-electron chi connectivity index (χ2n) is 6.15. The van der Waals surface area contributed by atoms with Gasteiger partial charge < -0.3 is 15.5 Å². The van der Waals surface area contributed by atoms with Crippen LogP contribution in [0.5, 0.6) is 0 Å². The molecule has 1 aromatic heterocycles. The van der Waals surface area contributed by atoms with E-state index in [1.165, 1.54) is 0 Å². The molecule has 1 aromatic carbocycles. The first-order chi connectivity index (χ1) is 11.6. The number of carbonyl (C=O) groups is 1. The molecular weight excluding hydrogens is 373 g/mol. The molecule has 2 heterocycles. The van der Waals surface area contributed by atoms with E-state index in [4.69, 9.17) is 5.73 Å². The number of aromatic nitrogens is 2. The van der Waals surface area contributed by atoms with Gasteiger partial charge in [0, 0.05) is 50.4 Å². The topological polar surface area (TPSA) is 75.4 Å². The Labute approximate surface area is 166 Å². The van der Waals surface area contributed by atoms with E-state index in [1.807, 2.05) is 48.2 Å². The van der Waals surface area contributed by atoms with Crippen molar-refractivity contribution >= 4 is 36.5 Å². The molecule has 6 nitrogen and oxygen atoms in total. The first-order valence-corrected chi connectivity index (χ1v) is 8.30. The van der Waals surface area contributed by atoms with Crippen molar-refractivity contribution in [1.82, 2.24) is 14.9 Å². The van der Waals surface area contributed by atoms with E-state index >= 15 is 0 Å². The van der Waals surface area contributed by atoms with Crippen LogP contribution in [0.2, 0.25) is 0 Å². The number of piperazine rings is 1. The van der Waals surface area contributed by atoms with Crippen LogP contribution in [-0.2, 0) is 4.79 Å². The second kappa shape index (κ2) is 10.3. The predicted octanol–water partition coefficient (Wildman–Crippen LogP) is 2.37. The Kier molecular flexibility index (Phi) is 8.78. The Morgan fingerprint density at radius 3 is 2.38 bits per heavy atom. The number of hydrogen-bond acceptors (Lipinski definition) is 5. The van der Waals surface area contributed by atoms with Gasteiger partial charge in [-0.2, -0.15) is 0 Å². The third-order valence-corrected chi connectivity index (χ3v) is 4.13. The summed E-state index contributed by atoms with van der Waals surface area (Å²) in [6.07, 6.45) is 2.20. The lowest BCUT2D eigenvalue weighted by Crippen LogP contribution is -2.49. The van der Waals surface area contributed by atoms with Crippen LogP contribution >= 0.6 is 24.8 Å². The van der Waals surface area contributed by atoms with Gasteiger partial charge in [0.15, 0.2) is 5.82 Å². The maximum atomic E-state index is 12.1. The van der Waals surface area contributed by atoms with Crippen molar-refractivity contribution in [2.24, 2.45) is 5.73 Å². The van der Waals surface area contributed by atoms with Crippen molar-refractivity contribution in [1.29, 1.82) is 0 Å². The van der Waals surface area contributed by atoms with Crippen molar-refractivity contribution < 1.29 is 4.79 Å². The third-order valence-electron chi connectivity index (χ3n) is 4.13. The van der Waals surface area contributed by atoms with E-state index in [9.17, 15) is 4.79 Å². The molecule has 2 N–H and O–H groups in total. The van der Waals surface area contributed by atoms with Crippen molar-refractivity contribution in [2.45, 2.75) is 19.4 Å². The molecule has 1 fully saturated rings. The van der Waals surface area contributed by atoms with E-state index < -0.39 is 0 Å². The number of anilines is 1. The summed E-state index contributed by atoms with van der Waals surface area (Å²) in [5, 5.41) is 0. The lowest BCUT2D eigenvalue weighted by atomic mass is 10.2. The van der Waals surface area contributed by atoms with Crippen LogP contribution in [0.4, 0.5) is 5.82 Å². The molecule has 1 atom stereocenters. The van der Waals surface area contributed by atoms with Gasteiger partial charge in [-0.3, -0.25) is 4.79 Å². The highest BCUT2D eigenvalue weighted by molar-refractivity contribution is 5.85. The minimum absolute atomic E-state index is 0. The van der Waals surface area contributed by atoms with Gasteiger partial charge in [-0.1, -0.05) is 30.3 Å². The quantitative estimate of drug-likeness (QED) is 0.856. The van der Waals surface area contributed by atoms with Crippen molar-refractivity contribution in [3.8, 4) is 11.4 Å². The lowest BCUT2D eigenvalue weighted by Gasteiger charge is -2.35. The molecule has 142 valence electrons. The summed E-state index contributed by atoms with van der Waals surface area (Å²) in [6.45, 7) is 4.82. The molecule has 26 heavy (non-hydrogen) atoms. The van der Waals surface area contributed by atoms with Crippen LogP contribution in [-0.4, -0.2) is 53.0 Å². The Balaban J connectivity index is 0.00000169. The number of hydrogen-bond donors (Lipinski definition) is 1. The normalized spacial score (nSPS) is 14.8. The van der Waals surface area contributed by atoms with Gasteiger partial charge in [0.25, 0.3) is 0 Å². The van der Waals surface area contributed by atoms with Gasteiger partial charge in [0.1, 0.15) is 5.82 Å². The standard InChI is InChI=1S/C18H23N5O.2ClH/c1-14(19)13-17(24)23-11-9-22(10-12-23)16-7-8-20-18(21-16)15-5-3-2-4-6-15;;/h2-8,14H,9-13,19H2,1H3;2*1H. The average Bonchev–Trinajstić information content (AvgIpc) is 2.62. The summed E-state index contributed by atoms with van der Waals surface area (Å²) in [4.78, 5) is 25.2. The number of nitrogens with zero attached hydrogens (tertiary/aromatic N) is 4. The Morgan fingerprint density at radius 2 is 1.77 bits per heavy atom. The zero-order chi connectivity index (χ0) is 16.9. The summed E-state index contributed by atoms with van der Waals surface area (Å²) in [6, 6.07) is 11.8. The molecule has 0 radical (unpaired) electrons. The fraction of sp³-hybridized carbons (Fsp3) is 0.389. The summed E-state index contributed by atoms with van der Waals surface area (Å²) in [5.41, 5.74) is 6.72. The molecule has 1 unspecified atom stereocenters. The lowest BCUT2D eigenvalue weighted by molar-refractivity contribution is -0.131. The number of amides is 1. The molecule has 0 aliphatic carbocycles.